The molecule has 3 aromatic rings. The number of rotatable bonds is 9. The Morgan fingerprint density at radius 1 is 1.18 bits per heavy atom. The number of carboxylic acid groups (broad SMARTS) is 1. The number of hydrogen-bond donors (Lipinski definition) is 4. The Bertz CT molecular complexity index is 1210. The highest BCUT2D eigenvalue weighted by atomic mass is 16.4. The summed E-state index contributed by atoms with van der Waals surface area (Å²) in [5, 5.41) is 11.8. The minimum atomic E-state index is -1.05. The summed E-state index contributed by atoms with van der Waals surface area (Å²) in [4.78, 5) is 40.5. The lowest BCUT2D eigenvalue weighted by atomic mass is 9.91. The van der Waals surface area contributed by atoms with Crippen LogP contribution in [0.1, 0.15) is 53.7 Å². The van der Waals surface area contributed by atoms with Crippen molar-refractivity contribution in [3.05, 3.63) is 47.3 Å². The highest BCUT2D eigenvalue weighted by Gasteiger charge is 2.20. The summed E-state index contributed by atoms with van der Waals surface area (Å²) in [5.41, 5.74) is 14.1. The third kappa shape index (κ3) is 5.71. The smallest absolute Gasteiger partial charge is 0.326 e. The molecule has 1 amide bonds. The second kappa shape index (κ2) is 10.4. The second-order valence-corrected chi connectivity index (χ2v) is 7.58. The Morgan fingerprint density at radius 3 is 2.55 bits per heavy atom. The van der Waals surface area contributed by atoms with Gasteiger partial charge in [0.25, 0.3) is 5.91 Å². The molecule has 1 aromatic carbocycles. The van der Waals surface area contributed by atoms with Gasteiger partial charge in [0, 0.05) is 17.9 Å². The molecule has 10 nitrogen and oxygen atoms in total. The molecule has 3 rings (SSSR count). The zero-order chi connectivity index (χ0) is 24.0. The number of carbonyl (C=O) groups is 2. The quantitative estimate of drug-likeness (QED) is 0.358. The fourth-order valence-electron chi connectivity index (χ4n) is 3.48. The summed E-state index contributed by atoms with van der Waals surface area (Å²) in [7, 11) is 0. The predicted octanol–water partition coefficient (Wildman–Crippen LogP) is 1.92. The van der Waals surface area contributed by atoms with Gasteiger partial charge < -0.3 is 21.9 Å². The van der Waals surface area contributed by atoms with Crippen molar-refractivity contribution >= 4 is 34.8 Å². The fraction of sp³-hybridized carbons (Fsp3) is 0.304. The first-order valence-corrected chi connectivity index (χ1v) is 10.4. The van der Waals surface area contributed by atoms with E-state index in [1.807, 2.05) is 6.92 Å². The molecule has 6 N–H and O–H groups in total. The molecule has 0 saturated carbocycles. The molecule has 0 aliphatic carbocycles. The molecule has 0 radical (unpaired) electrons. The van der Waals surface area contributed by atoms with Crippen molar-refractivity contribution < 1.29 is 14.7 Å². The summed E-state index contributed by atoms with van der Waals surface area (Å²) in [5.74, 6) is 1.28. The molecule has 1 unspecified atom stereocenters. The van der Waals surface area contributed by atoms with Crippen LogP contribution in [0.25, 0.3) is 11.2 Å². The number of anilines is 2. The number of amides is 1. The van der Waals surface area contributed by atoms with Crippen LogP contribution in [-0.2, 0) is 11.2 Å². The van der Waals surface area contributed by atoms with E-state index in [1.165, 1.54) is 0 Å². The van der Waals surface area contributed by atoms with Crippen molar-refractivity contribution in [3.8, 4) is 12.3 Å². The van der Waals surface area contributed by atoms with Crippen LogP contribution in [0.4, 0.5) is 11.8 Å². The second-order valence-electron chi connectivity index (χ2n) is 7.58. The lowest BCUT2D eigenvalue weighted by molar-refractivity contribution is -0.139. The number of benzene rings is 1. The molecule has 0 aliphatic heterocycles. The number of fused-ring (bicyclic) bond motifs is 1. The average molecular weight is 447 g/mol. The minimum Gasteiger partial charge on any atom is -0.480 e. The third-order valence-corrected chi connectivity index (χ3v) is 5.15. The Labute approximate surface area is 190 Å². The van der Waals surface area contributed by atoms with Gasteiger partial charge >= 0.3 is 5.97 Å². The van der Waals surface area contributed by atoms with Crippen molar-refractivity contribution in [1.82, 2.24) is 25.3 Å². The molecular weight excluding hydrogens is 422 g/mol. The van der Waals surface area contributed by atoms with E-state index in [1.54, 1.807) is 30.5 Å². The van der Waals surface area contributed by atoms with Gasteiger partial charge in [-0.05, 0) is 30.5 Å². The number of carboxylic acids is 1. The van der Waals surface area contributed by atoms with Gasteiger partial charge in [-0.3, -0.25) is 4.79 Å². The van der Waals surface area contributed by atoms with E-state index in [9.17, 15) is 14.7 Å². The molecule has 2 aromatic heterocycles. The van der Waals surface area contributed by atoms with Gasteiger partial charge in [0.15, 0.2) is 17.0 Å². The first-order chi connectivity index (χ1) is 15.8. The maximum absolute atomic E-state index is 12.5. The van der Waals surface area contributed by atoms with Crippen LogP contribution in [0.15, 0.2) is 30.5 Å². The van der Waals surface area contributed by atoms with Gasteiger partial charge in [-0.25, -0.2) is 14.8 Å². The van der Waals surface area contributed by atoms with Crippen LogP contribution in [0.5, 0.6) is 0 Å². The first-order valence-electron chi connectivity index (χ1n) is 10.4. The number of terminal acetylenes is 1. The number of carbonyl (C=O) groups excluding carboxylic acids is 1. The lowest BCUT2D eigenvalue weighted by Gasteiger charge is -2.16. The van der Waals surface area contributed by atoms with Gasteiger partial charge in [0.05, 0.1) is 11.9 Å². The molecule has 0 bridgehead atoms. The van der Waals surface area contributed by atoms with Crippen LogP contribution >= 0.6 is 0 Å². The number of nitrogen functional groups attached to an aromatic ring is 2. The molecule has 0 aliphatic rings. The van der Waals surface area contributed by atoms with E-state index in [0.717, 1.165) is 5.56 Å². The van der Waals surface area contributed by atoms with Crippen molar-refractivity contribution in [2.45, 2.75) is 44.6 Å². The zero-order valence-corrected chi connectivity index (χ0v) is 18.2. The van der Waals surface area contributed by atoms with E-state index < -0.39 is 17.9 Å². The van der Waals surface area contributed by atoms with E-state index >= 15 is 0 Å². The minimum absolute atomic E-state index is 0.0285. The summed E-state index contributed by atoms with van der Waals surface area (Å²) < 4.78 is 0. The van der Waals surface area contributed by atoms with Crippen LogP contribution < -0.4 is 16.8 Å². The van der Waals surface area contributed by atoms with E-state index in [2.05, 4.69) is 31.2 Å². The Morgan fingerprint density at radius 2 is 1.91 bits per heavy atom. The van der Waals surface area contributed by atoms with Gasteiger partial charge in [-0.1, -0.05) is 25.5 Å². The maximum atomic E-state index is 12.5. The number of nitrogens with two attached hydrogens (primary N) is 2. The van der Waals surface area contributed by atoms with Crippen molar-refractivity contribution in [3.63, 3.8) is 0 Å². The number of hydrogen-bond acceptors (Lipinski definition) is 8. The number of aromatic nitrogens is 4. The Kier molecular flexibility index (Phi) is 7.35. The highest BCUT2D eigenvalue weighted by Crippen LogP contribution is 2.25. The standard InChI is InChI=1S/C23H25N7O3/c1-3-5-15(11-16-12-26-20-18(27-16)19(24)29-23(25)30-20)13-7-9-14(10-8-13)21(31)28-17(6-4-2)22(32)33/h1,7-10,12,15,17H,4-6,11H2,2H3,(H,28,31)(H,32,33)(H4,24,25,26,29,30)/t15?,17-/m0/s1. The van der Waals surface area contributed by atoms with Gasteiger partial charge in [-0.2, -0.15) is 9.97 Å². The van der Waals surface area contributed by atoms with Crippen molar-refractivity contribution in [2.75, 3.05) is 11.5 Å². The topological polar surface area (TPSA) is 170 Å². The third-order valence-electron chi connectivity index (χ3n) is 5.15. The molecule has 0 saturated heterocycles. The average Bonchev–Trinajstić information content (AvgIpc) is 2.78. The molecule has 170 valence electrons. The largest absolute Gasteiger partial charge is 0.480 e. The lowest BCUT2D eigenvalue weighted by Crippen LogP contribution is -2.40. The van der Waals surface area contributed by atoms with Crippen LogP contribution in [0.3, 0.4) is 0 Å². The van der Waals surface area contributed by atoms with E-state index in [-0.39, 0.29) is 17.7 Å². The van der Waals surface area contributed by atoms with Crippen molar-refractivity contribution in [1.29, 1.82) is 0 Å². The Hall–Kier alpha value is -4.26. The van der Waals surface area contributed by atoms with Crippen LogP contribution in [-0.4, -0.2) is 43.0 Å². The first kappa shape index (κ1) is 23.4. The molecule has 0 fully saturated rings. The number of aliphatic carboxylic acids is 1. The Balaban J connectivity index is 1.78. The number of nitrogens with zero attached hydrogens (tertiary/aromatic N) is 4. The highest BCUT2D eigenvalue weighted by molar-refractivity contribution is 5.96. The normalized spacial score (nSPS) is 12.6. The molecular formula is C23H25N7O3. The molecule has 2 heterocycles. The van der Waals surface area contributed by atoms with Gasteiger partial charge in [0.1, 0.15) is 6.04 Å². The molecule has 2 atom stereocenters. The molecule has 33 heavy (non-hydrogen) atoms. The summed E-state index contributed by atoms with van der Waals surface area (Å²) in [6.07, 6.45) is 9.11. The summed E-state index contributed by atoms with van der Waals surface area (Å²) >= 11 is 0. The maximum Gasteiger partial charge on any atom is 0.326 e. The van der Waals surface area contributed by atoms with Crippen molar-refractivity contribution in [2.24, 2.45) is 0 Å². The van der Waals surface area contributed by atoms with Crippen LogP contribution in [0.2, 0.25) is 0 Å². The van der Waals surface area contributed by atoms with E-state index in [0.29, 0.717) is 48.1 Å². The van der Waals surface area contributed by atoms with Gasteiger partial charge in [0.2, 0.25) is 5.95 Å². The summed E-state index contributed by atoms with van der Waals surface area (Å²) in [6.45, 7) is 1.86. The van der Waals surface area contributed by atoms with E-state index in [4.69, 9.17) is 17.9 Å². The molecule has 10 heteroatoms. The monoisotopic (exact) mass is 447 g/mol. The summed E-state index contributed by atoms with van der Waals surface area (Å²) in [6, 6.07) is 5.99. The van der Waals surface area contributed by atoms with Gasteiger partial charge in [-0.15, -0.1) is 12.3 Å². The SMILES string of the molecule is C#CCC(Cc1cnc2nc(N)nc(N)c2n1)c1ccc(C(=O)N[C@@H](CCC)C(=O)O)cc1. The zero-order valence-electron chi connectivity index (χ0n) is 18.2. The predicted molar refractivity (Wildman–Crippen MR) is 124 cm³/mol. The van der Waals surface area contributed by atoms with Crippen LogP contribution in [0, 0.1) is 12.3 Å². The molecule has 0 spiro atoms. The fourth-order valence-corrected chi connectivity index (χ4v) is 3.48. The number of nitrogens with one attached hydrogen (secondary N) is 1.